The van der Waals surface area contributed by atoms with E-state index in [1.165, 1.54) is 13.2 Å². The highest BCUT2D eigenvalue weighted by molar-refractivity contribution is 6.53. The molecule has 0 spiro atoms. The van der Waals surface area contributed by atoms with Crippen LogP contribution in [0.4, 0.5) is 11.4 Å². The third-order valence-electron chi connectivity index (χ3n) is 5.73. The zero-order chi connectivity index (χ0) is 26.1. The molecule has 0 saturated heterocycles. The minimum Gasteiger partial charge on any atom is -0.495 e. The first-order valence-electron chi connectivity index (χ1n) is 11.1. The summed E-state index contributed by atoms with van der Waals surface area (Å²) < 4.78 is 10.8. The number of anilines is 2. The molecule has 0 unspecified atom stereocenters. The lowest BCUT2D eigenvalue weighted by Crippen LogP contribution is -2.32. The number of nitrogens with zero attached hydrogens (tertiary/aromatic N) is 1. The van der Waals surface area contributed by atoms with E-state index in [-0.39, 0.29) is 22.2 Å². The fourth-order valence-corrected chi connectivity index (χ4v) is 4.28. The lowest BCUT2D eigenvalue weighted by molar-refractivity contribution is -0.120. The third-order valence-corrected chi connectivity index (χ3v) is 6.32. The van der Waals surface area contributed by atoms with Gasteiger partial charge < -0.3 is 14.8 Å². The van der Waals surface area contributed by atoms with Gasteiger partial charge in [0.2, 0.25) is 0 Å². The number of carbonyl (C=O) groups is 3. The number of rotatable bonds is 6. The topological polar surface area (TPSA) is 84.9 Å². The number of nitrogens with one attached hydrogen (secondary N) is 1. The van der Waals surface area contributed by atoms with Gasteiger partial charge in [0.1, 0.15) is 22.2 Å². The number of carbonyl (C=O) groups excluding carboxylic acids is 3. The predicted octanol–water partition coefficient (Wildman–Crippen LogP) is 6.16. The predicted molar refractivity (Wildman–Crippen MR) is 142 cm³/mol. The molecule has 2 amide bonds. The van der Waals surface area contributed by atoms with Gasteiger partial charge in [-0.15, -0.1) is 0 Å². The Hall–Kier alpha value is -4.33. The minimum atomic E-state index is -0.717. The highest BCUT2D eigenvalue weighted by Gasteiger charge is 2.40. The maximum atomic E-state index is 13.1. The van der Waals surface area contributed by atoms with Crippen molar-refractivity contribution in [1.82, 2.24) is 0 Å². The van der Waals surface area contributed by atoms with Crippen LogP contribution in [0.5, 0.6) is 11.5 Å². The fourth-order valence-electron chi connectivity index (χ4n) is 3.90. The number of fused-ring (bicyclic) bond motifs is 1. The highest BCUT2D eigenvalue weighted by atomic mass is 35.5. The zero-order valence-corrected chi connectivity index (χ0v) is 20.8. The first-order valence-corrected chi connectivity index (χ1v) is 11.8. The van der Waals surface area contributed by atoms with E-state index in [0.717, 1.165) is 15.7 Å². The molecule has 0 aromatic heterocycles. The Morgan fingerprint density at radius 1 is 0.838 bits per heavy atom. The van der Waals surface area contributed by atoms with Crippen LogP contribution in [0.25, 0.3) is 10.8 Å². The molecule has 1 aliphatic rings. The average molecular weight is 533 g/mol. The Labute approximate surface area is 221 Å². The molecule has 1 N–H and O–H groups in total. The number of esters is 1. The molecule has 0 fully saturated rings. The first-order chi connectivity index (χ1) is 17.9. The standard InChI is InChI=1S/C28H18Cl2N2O5/c1-36-23-13-9-19(29)15-22(23)32-26(33)24(30)25(27(32)34)31-20-10-6-17(7-11-20)28(35)37-21-12-8-16-4-2-3-5-18(16)14-21/h2-15,31H,1H3. The molecule has 0 bridgehead atoms. The van der Waals surface area contributed by atoms with Crippen LogP contribution in [-0.4, -0.2) is 24.9 Å². The molecule has 184 valence electrons. The van der Waals surface area contributed by atoms with E-state index in [4.69, 9.17) is 32.7 Å². The molecule has 4 aromatic rings. The average Bonchev–Trinajstić information content (AvgIpc) is 3.11. The normalized spacial score (nSPS) is 13.3. The van der Waals surface area contributed by atoms with Crippen LogP contribution in [-0.2, 0) is 9.59 Å². The molecular weight excluding hydrogens is 515 g/mol. The van der Waals surface area contributed by atoms with E-state index in [0.29, 0.717) is 22.0 Å². The summed E-state index contributed by atoms with van der Waals surface area (Å²) >= 11 is 12.3. The smallest absolute Gasteiger partial charge is 0.343 e. The second kappa shape index (κ2) is 9.97. The SMILES string of the molecule is COc1ccc(Cl)cc1N1C(=O)C(Cl)=C(Nc2ccc(C(=O)Oc3ccc4ccccc4c3)cc2)C1=O. The Kier molecular flexibility index (Phi) is 6.56. The summed E-state index contributed by atoms with van der Waals surface area (Å²) in [6, 6.07) is 24.0. The quantitative estimate of drug-likeness (QED) is 0.182. The number of hydrogen-bond donors (Lipinski definition) is 1. The van der Waals surface area contributed by atoms with Gasteiger partial charge in [-0.05, 0) is 65.4 Å². The van der Waals surface area contributed by atoms with E-state index >= 15 is 0 Å². The van der Waals surface area contributed by atoms with Crippen LogP contribution in [0, 0.1) is 0 Å². The van der Waals surface area contributed by atoms with Crippen LogP contribution in [0.2, 0.25) is 5.02 Å². The van der Waals surface area contributed by atoms with Gasteiger partial charge in [-0.2, -0.15) is 0 Å². The largest absolute Gasteiger partial charge is 0.495 e. The Morgan fingerprint density at radius 3 is 2.30 bits per heavy atom. The lowest BCUT2D eigenvalue weighted by Gasteiger charge is -2.18. The second-order valence-corrected chi connectivity index (χ2v) is 8.87. The van der Waals surface area contributed by atoms with Gasteiger partial charge in [0.05, 0.1) is 18.4 Å². The fraction of sp³-hybridized carbons (Fsp3) is 0.0357. The Balaban J connectivity index is 1.31. The van der Waals surface area contributed by atoms with Crippen LogP contribution in [0.15, 0.2) is 95.7 Å². The van der Waals surface area contributed by atoms with Crippen molar-refractivity contribution in [3.63, 3.8) is 0 Å². The molecule has 1 heterocycles. The van der Waals surface area contributed by atoms with Gasteiger partial charge in [0.15, 0.2) is 0 Å². The molecule has 0 atom stereocenters. The van der Waals surface area contributed by atoms with Crippen LogP contribution < -0.4 is 19.7 Å². The number of halogens is 2. The van der Waals surface area contributed by atoms with Crippen LogP contribution in [0.3, 0.4) is 0 Å². The molecule has 1 aliphatic heterocycles. The maximum Gasteiger partial charge on any atom is 0.343 e. The summed E-state index contributed by atoms with van der Waals surface area (Å²) in [6.07, 6.45) is 0. The minimum absolute atomic E-state index is 0.111. The summed E-state index contributed by atoms with van der Waals surface area (Å²) in [5.74, 6) is -1.22. The summed E-state index contributed by atoms with van der Waals surface area (Å²) in [6.45, 7) is 0. The molecule has 7 nitrogen and oxygen atoms in total. The number of benzene rings is 4. The zero-order valence-electron chi connectivity index (χ0n) is 19.3. The van der Waals surface area contributed by atoms with Gasteiger partial charge in [0, 0.05) is 10.7 Å². The van der Waals surface area contributed by atoms with Crippen molar-refractivity contribution in [3.05, 3.63) is 106 Å². The van der Waals surface area contributed by atoms with E-state index in [2.05, 4.69) is 5.32 Å². The van der Waals surface area contributed by atoms with Gasteiger partial charge in [0.25, 0.3) is 11.8 Å². The summed E-state index contributed by atoms with van der Waals surface area (Å²) in [4.78, 5) is 39.5. The molecule has 0 radical (unpaired) electrons. The van der Waals surface area contributed by atoms with E-state index in [1.807, 2.05) is 30.3 Å². The molecule has 0 aliphatic carbocycles. The molecule has 0 saturated carbocycles. The van der Waals surface area contributed by atoms with Crippen molar-refractivity contribution in [2.75, 3.05) is 17.3 Å². The van der Waals surface area contributed by atoms with Crippen molar-refractivity contribution in [1.29, 1.82) is 0 Å². The van der Waals surface area contributed by atoms with Crippen LogP contribution in [0.1, 0.15) is 10.4 Å². The molecule has 9 heteroatoms. The van der Waals surface area contributed by atoms with Gasteiger partial charge in [-0.3, -0.25) is 9.59 Å². The lowest BCUT2D eigenvalue weighted by atomic mass is 10.1. The number of hydrogen-bond acceptors (Lipinski definition) is 6. The third kappa shape index (κ3) is 4.74. The molecule has 5 rings (SSSR count). The van der Waals surface area contributed by atoms with E-state index in [9.17, 15) is 14.4 Å². The van der Waals surface area contributed by atoms with Gasteiger partial charge in [-0.1, -0.05) is 53.5 Å². The van der Waals surface area contributed by atoms with Gasteiger partial charge >= 0.3 is 5.97 Å². The van der Waals surface area contributed by atoms with E-state index < -0.39 is 17.8 Å². The number of ether oxygens (including phenoxy) is 2. The Morgan fingerprint density at radius 2 is 1.57 bits per heavy atom. The number of amides is 2. The van der Waals surface area contributed by atoms with E-state index in [1.54, 1.807) is 48.5 Å². The van der Waals surface area contributed by atoms with Crippen molar-refractivity contribution >= 4 is 63.1 Å². The van der Waals surface area contributed by atoms with Crippen molar-refractivity contribution in [2.24, 2.45) is 0 Å². The maximum absolute atomic E-state index is 13.1. The van der Waals surface area contributed by atoms with Crippen molar-refractivity contribution in [2.45, 2.75) is 0 Å². The van der Waals surface area contributed by atoms with Crippen molar-refractivity contribution < 1.29 is 23.9 Å². The second-order valence-electron chi connectivity index (χ2n) is 8.05. The highest BCUT2D eigenvalue weighted by Crippen LogP contribution is 2.37. The number of imide groups is 1. The van der Waals surface area contributed by atoms with Crippen molar-refractivity contribution in [3.8, 4) is 11.5 Å². The molecule has 37 heavy (non-hydrogen) atoms. The monoisotopic (exact) mass is 532 g/mol. The Bertz CT molecular complexity index is 1600. The van der Waals surface area contributed by atoms with Crippen LogP contribution >= 0.6 is 23.2 Å². The number of methoxy groups -OCH3 is 1. The summed E-state index contributed by atoms with van der Waals surface area (Å²) in [5, 5.41) is 4.90. The first kappa shape index (κ1) is 24.4. The summed E-state index contributed by atoms with van der Waals surface area (Å²) in [5.41, 5.74) is 0.807. The molecular formula is C28H18Cl2N2O5. The summed E-state index contributed by atoms with van der Waals surface area (Å²) in [7, 11) is 1.42. The molecule has 4 aromatic carbocycles. The van der Waals surface area contributed by atoms with Gasteiger partial charge in [-0.25, -0.2) is 9.69 Å².